The summed E-state index contributed by atoms with van der Waals surface area (Å²) in [6, 6.07) is 16.0. The number of ether oxygens (including phenoxy) is 3. The maximum absolute atomic E-state index is 14.6. The number of aliphatic hydroxyl groups is 1. The lowest BCUT2D eigenvalue weighted by Crippen LogP contribution is -2.58. The summed E-state index contributed by atoms with van der Waals surface area (Å²) in [5, 5.41) is 15.0. The number of halogens is 1. The van der Waals surface area contributed by atoms with Gasteiger partial charge in [-0.05, 0) is 66.1 Å². The van der Waals surface area contributed by atoms with Crippen LogP contribution in [-0.4, -0.2) is 86.9 Å². The fraction of sp³-hybridized carbons (Fsp3) is 0.382. The molecule has 3 aromatic carbocycles. The molecule has 0 radical (unpaired) electrons. The summed E-state index contributed by atoms with van der Waals surface area (Å²) in [6.07, 6.45) is 0.414. The second-order valence-corrected chi connectivity index (χ2v) is 11.4. The standard InChI is InChI=1S/C34H39FN4O7/c1-38(13-14-40)26-7-5-24(6-8-26)34(43)39-12-11-29-28(20-39)37-33(42)21-45-31-17-22(3-9-30(31)44-2)4-10-32(41)36-19-23-15-25(35)18-27(16-23)46-29/h3,5-9,15-18,28-29,40H,4,10-14,19-21H2,1-2H3,(H,36,41)(H,37,42)/t28-,29-/m1/s1. The third-order valence-corrected chi connectivity index (χ3v) is 8.11. The average Bonchev–Trinajstić information content (AvgIpc) is 3.05. The van der Waals surface area contributed by atoms with Gasteiger partial charge in [-0.25, -0.2) is 4.39 Å². The third-order valence-electron chi connectivity index (χ3n) is 8.11. The summed E-state index contributed by atoms with van der Waals surface area (Å²) in [7, 11) is 3.36. The zero-order chi connectivity index (χ0) is 32.6. The van der Waals surface area contributed by atoms with Crippen LogP contribution in [0.3, 0.4) is 0 Å². The van der Waals surface area contributed by atoms with E-state index in [2.05, 4.69) is 10.6 Å². The molecular formula is C34H39FN4O7. The molecule has 0 unspecified atom stereocenters. The molecule has 11 nitrogen and oxygen atoms in total. The molecule has 0 spiro atoms. The van der Waals surface area contributed by atoms with Crippen LogP contribution in [-0.2, 0) is 22.6 Å². The van der Waals surface area contributed by atoms with E-state index in [0.717, 1.165) is 11.3 Å². The van der Waals surface area contributed by atoms with E-state index in [1.165, 1.54) is 19.2 Å². The topological polar surface area (TPSA) is 130 Å². The zero-order valence-corrected chi connectivity index (χ0v) is 26.0. The lowest BCUT2D eigenvalue weighted by molar-refractivity contribution is -0.125. The van der Waals surface area contributed by atoms with Crippen molar-refractivity contribution in [3.05, 3.63) is 83.2 Å². The molecule has 0 saturated carbocycles. The second-order valence-electron chi connectivity index (χ2n) is 11.4. The molecule has 3 amide bonds. The highest BCUT2D eigenvalue weighted by molar-refractivity contribution is 5.94. The highest BCUT2D eigenvalue weighted by Crippen LogP contribution is 2.29. The highest BCUT2D eigenvalue weighted by Gasteiger charge is 2.35. The fourth-order valence-electron chi connectivity index (χ4n) is 5.61. The van der Waals surface area contributed by atoms with Crippen molar-refractivity contribution in [3.8, 4) is 17.2 Å². The first-order valence-electron chi connectivity index (χ1n) is 15.3. The molecule has 5 rings (SSSR count). The number of likely N-dealkylation sites (tertiary alicyclic amines) is 1. The Labute approximate surface area is 267 Å². The molecule has 2 aliphatic heterocycles. The van der Waals surface area contributed by atoms with Gasteiger partial charge in [-0.3, -0.25) is 14.4 Å². The number of hydrogen-bond donors (Lipinski definition) is 3. The highest BCUT2D eigenvalue weighted by atomic mass is 19.1. The number of carbonyl (C=O) groups is 3. The Bertz CT molecular complexity index is 1550. The number of nitrogens with one attached hydrogen (secondary N) is 2. The lowest BCUT2D eigenvalue weighted by Gasteiger charge is -2.39. The van der Waals surface area contributed by atoms with Crippen LogP contribution >= 0.6 is 0 Å². The van der Waals surface area contributed by atoms with Crippen molar-refractivity contribution in [2.75, 3.05) is 51.9 Å². The van der Waals surface area contributed by atoms with Gasteiger partial charge in [-0.1, -0.05) is 6.07 Å². The molecule has 0 aliphatic carbocycles. The van der Waals surface area contributed by atoms with E-state index in [9.17, 15) is 23.9 Å². The summed E-state index contributed by atoms with van der Waals surface area (Å²) < 4.78 is 32.1. The Morgan fingerprint density at radius 2 is 1.87 bits per heavy atom. The predicted octanol–water partition coefficient (Wildman–Crippen LogP) is 2.68. The Morgan fingerprint density at radius 1 is 1.07 bits per heavy atom. The van der Waals surface area contributed by atoms with Crippen LogP contribution in [0.2, 0.25) is 0 Å². The van der Waals surface area contributed by atoms with E-state index in [1.807, 2.05) is 30.1 Å². The molecule has 4 bridgehead atoms. The van der Waals surface area contributed by atoms with Gasteiger partial charge < -0.3 is 39.8 Å². The molecule has 46 heavy (non-hydrogen) atoms. The number of rotatable bonds is 5. The molecule has 244 valence electrons. The first-order valence-corrected chi connectivity index (χ1v) is 15.3. The second kappa shape index (κ2) is 15.0. The maximum atomic E-state index is 14.6. The molecule has 3 N–H and O–H groups in total. The molecule has 2 aliphatic rings. The number of benzene rings is 3. The fourth-order valence-corrected chi connectivity index (χ4v) is 5.61. The molecular weight excluding hydrogens is 595 g/mol. The molecule has 1 fully saturated rings. The molecule has 1 saturated heterocycles. The van der Waals surface area contributed by atoms with Crippen molar-refractivity contribution in [2.24, 2.45) is 0 Å². The van der Waals surface area contributed by atoms with Crippen LogP contribution in [0.1, 0.15) is 34.3 Å². The first kappa shape index (κ1) is 32.6. The minimum atomic E-state index is -0.637. The molecule has 0 aromatic heterocycles. The van der Waals surface area contributed by atoms with E-state index in [1.54, 1.807) is 35.2 Å². The van der Waals surface area contributed by atoms with Crippen molar-refractivity contribution in [1.82, 2.24) is 15.5 Å². The number of amides is 3. The van der Waals surface area contributed by atoms with E-state index < -0.39 is 23.9 Å². The third kappa shape index (κ3) is 8.25. The van der Waals surface area contributed by atoms with Gasteiger partial charge in [0.15, 0.2) is 18.1 Å². The summed E-state index contributed by atoms with van der Waals surface area (Å²) in [4.78, 5) is 42.9. The van der Waals surface area contributed by atoms with E-state index >= 15 is 0 Å². The molecule has 2 heterocycles. The quantitative estimate of drug-likeness (QED) is 0.391. The van der Waals surface area contributed by atoms with E-state index in [4.69, 9.17) is 14.2 Å². The number of likely N-dealkylation sites (N-methyl/N-ethyl adjacent to an activating group) is 1. The summed E-state index contributed by atoms with van der Waals surface area (Å²) in [5.41, 5.74) is 2.71. The predicted molar refractivity (Wildman–Crippen MR) is 169 cm³/mol. The van der Waals surface area contributed by atoms with E-state index in [-0.39, 0.29) is 50.3 Å². The van der Waals surface area contributed by atoms with Gasteiger partial charge in [-0.15, -0.1) is 0 Å². The van der Waals surface area contributed by atoms with Crippen molar-refractivity contribution < 1.29 is 38.1 Å². The number of anilines is 1. The van der Waals surface area contributed by atoms with Gasteiger partial charge in [0.1, 0.15) is 17.7 Å². The Balaban J connectivity index is 1.38. The summed E-state index contributed by atoms with van der Waals surface area (Å²) in [6.45, 7) is 0.764. The molecule has 3 aromatic rings. The minimum Gasteiger partial charge on any atom is -0.493 e. The van der Waals surface area contributed by atoms with Crippen molar-refractivity contribution >= 4 is 23.4 Å². The number of fused-ring (bicyclic) bond motifs is 5. The van der Waals surface area contributed by atoms with Gasteiger partial charge >= 0.3 is 0 Å². The minimum absolute atomic E-state index is 0.0137. The Morgan fingerprint density at radius 3 is 2.63 bits per heavy atom. The number of piperidine rings is 1. The van der Waals surface area contributed by atoms with Crippen LogP contribution in [0.4, 0.5) is 10.1 Å². The smallest absolute Gasteiger partial charge is 0.258 e. The van der Waals surface area contributed by atoms with Gasteiger partial charge in [0, 0.05) is 63.4 Å². The van der Waals surface area contributed by atoms with E-state index in [0.29, 0.717) is 48.6 Å². The summed E-state index contributed by atoms with van der Waals surface area (Å²) in [5.74, 6) is -0.287. The number of carbonyl (C=O) groups excluding carboxylic acids is 3. The maximum Gasteiger partial charge on any atom is 0.258 e. The SMILES string of the molecule is COc1ccc2cc1OCC(=O)N[C@@H]1CN(C(=O)c3ccc(N(C)CCO)cc3)CC[C@H]1Oc1cc(F)cc(c1)CNC(=O)CC2. The molecule has 2 atom stereocenters. The van der Waals surface area contributed by atoms with Crippen LogP contribution < -0.4 is 29.7 Å². The zero-order valence-electron chi connectivity index (χ0n) is 26.0. The average molecular weight is 635 g/mol. The van der Waals surface area contributed by atoms with Crippen molar-refractivity contribution in [3.63, 3.8) is 0 Å². The van der Waals surface area contributed by atoms with Gasteiger partial charge in [-0.2, -0.15) is 0 Å². The number of hydrogen-bond acceptors (Lipinski definition) is 8. The number of aryl methyl sites for hydroxylation is 1. The van der Waals surface area contributed by atoms with Crippen molar-refractivity contribution in [1.29, 1.82) is 0 Å². The lowest BCUT2D eigenvalue weighted by atomic mass is 10.00. The number of nitrogens with zero attached hydrogens (tertiary/aromatic N) is 2. The van der Waals surface area contributed by atoms with Crippen LogP contribution in [0, 0.1) is 5.82 Å². The number of methoxy groups -OCH3 is 1. The summed E-state index contributed by atoms with van der Waals surface area (Å²) >= 11 is 0. The normalized spacial score (nSPS) is 18.8. The van der Waals surface area contributed by atoms with Gasteiger partial charge in [0.25, 0.3) is 11.8 Å². The Hall–Kier alpha value is -4.84. The Kier molecular flexibility index (Phi) is 10.6. The molecule has 12 heteroatoms. The van der Waals surface area contributed by atoms with Gasteiger partial charge in [0.2, 0.25) is 5.91 Å². The van der Waals surface area contributed by atoms with Crippen LogP contribution in [0.15, 0.2) is 60.7 Å². The monoisotopic (exact) mass is 634 g/mol. The van der Waals surface area contributed by atoms with Crippen LogP contribution in [0.25, 0.3) is 0 Å². The largest absolute Gasteiger partial charge is 0.493 e. The van der Waals surface area contributed by atoms with Crippen molar-refractivity contribution in [2.45, 2.75) is 38.0 Å². The van der Waals surface area contributed by atoms with Gasteiger partial charge in [0.05, 0.1) is 19.8 Å². The van der Waals surface area contributed by atoms with Crippen LogP contribution in [0.5, 0.6) is 17.2 Å². The number of aliphatic hydroxyl groups excluding tert-OH is 1. The first-order chi connectivity index (χ1) is 22.2.